The number of carbonyl (C=O) groups excluding carboxylic acids is 3. The number of phenols is 1. The predicted molar refractivity (Wildman–Crippen MR) is 101 cm³/mol. The first-order valence-electron chi connectivity index (χ1n) is 7.83. The smallest absolute Gasteiger partial charge is 0.294 e. The molecule has 0 aliphatic carbocycles. The first-order valence-corrected chi connectivity index (χ1v) is 8.65. The summed E-state index contributed by atoms with van der Waals surface area (Å²) in [6, 6.07) is 13.6. The molecule has 0 bridgehead atoms. The van der Waals surface area contributed by atoms with Gasteiger partial charge in [0.15, 0.2) is 0 Å². The van der Waals surface area contributed by atoms with Gasteiger partial charge in [-0.1, -0.05) is 29.8 Å². The van der Waals surface area contributed by atoms with Crippen molar-refractivity contribution in [1.29, 1.82) is 0 Å². The van der Waals surface area contributed by atoms with Crippen molar-refractivity contribution < 1.29 is 19.5 Å². The van der Waals surface area contributed by atoms with E-state index in [9.17, 15) is 19.5 Å². The Hall–Kier alpha value is -3.06. The topological polar surface area (TPSA) is 86.7 Å². The van der Waals surface area contributed by atoms with Crippen LogP contribution in [0.1, 0.15) is 11.1 Å². The van der Waals surface area contributed by atoms with Gasteiger partial charge in [-0.15, -0.1) is 0 Å². The van der Waals surface area contributed by atoms with E-state index in [4.69, 9.17) is 0 Å². The lowest BCUT2D eigenvalue weighted by Gasteiger charge is -2.12. The summed E-state index contributed by atoms with van der Waals surface area (Å²) in [7, 11) is 0. The summed E-state index contributed by atoms with van der Waals surface area (Å²) in [5, 5.41) is 11.6. The van der Waals surface area contributed by atoms with E-state index in [0.717, 1.165) is 22.2 Å². The Labute approximate surface area is 154 Å². The molecule has 2 N–H and O–H groups in total. The minimum Gasteiger partial charge on any atom is -0.508 e. The number of rotatable bonds is 4. The van der Waals surface area contributed by atoms with Crippen LogP contribution in [-0.4, -0.2) is 33.6 Å². The van der Waals surface area contributed by atoms with Crippen LogP contribution in [0.4, 0.5) is 10.5 Å². The molecule has 7 heteroatoms. The number of amides is 3. The summed E-state index contributed by atoms with van der Waals surface area (Å²) >= 11 is 0.770. The van der Waals surface area contributed by atoms with Gasteiger partial charge in [-0.05, 0) is 54.6 Å². The van der Waals surface area contributed by atoms with Crippen molar-refractivity contribution in [3.05, 3.63) is 64.6 Å². The summed E-state index contributed by atoms with van der Waals surface area (Å²) in [6.45, 7) is 1.58. The Kier molecular flexibility index (Phi) is 5.09. The van der Waals surface area contributed by atoms with E-state index < -0.39 is 17.1 Å². The largest absolute Gasteiger partial charge is 0.508 e. The maximum absolute atomic E-state index is 12.4. The number of anilines is 1. The molecule has 2 aromatic carbocycles. The van der Waals surface area contributed by atoms with Crippen LogP contribution >= 0.6 is 11.8 Å². The molecule has 3 amide bonds. The highest BCUT2D eigenvalue weighted by atomic mass is 32.2. The van der Waals surface area contributed by atoms with E-state index in [1.54, 1.807) is 24.3 Å². The minimum atomic E-state index is -0.526. The number of thioether (sulfide) groups is 1. The first kappa shape index (κ1) is 17.8. The number of aromatic hydroxyl groups is 1. The molecule has 0 radical (unpaired) electrons. The van der Waals surface area contributed by atoms with Crippen LogP contribution in [0.25, 0.3) is 6.08 Å². The Morgan fingerprint density at radius 1 is 1.19 bits per heavy atom. The summed E-state index contributed by atoms with van der Waals surface area (Å²) in [5.41, 5.74) is 2.26. The molecule has 0 atom stereocenters. The summed E-state index contributed by atoms with van der Waals surface area (Å²) in [6.07, 6.45) is 1.52. The Bertz CT molecular complexity index is 906. The van der Waals surface area contributed by atoms with Gasteiger partial charge in [-0.25, -0.2) is 0 Å². The molecule has 1 heterocycles. The van der Waals surface area contributed by atoms with Gasteiger partial charge in [0.1, 0.15) is 12.3 Å². The van der Waals surface area contributed by atoms with E-state index in [2.05, 4.69) is 5.32 Å². The highest BCUT2D eigenvalue weighted by molar-refractivity contribution is 8.18. The highest BCUT2D eigenvalue weighted by Crippen LogP contribution is 2.32. The lowest BCUT2D eigenvalue weighted by Crippen LogP contribution is -2.36. The van der Waals surface area contributed by atoms with Gasteiger partial charge in [0, 0.05) is 5.69 Å². The van der Waals surface area contributed by atoms with Gasteiger partial charge in [0.2, 0.25) is 5.91 Å². The quantitative estimate of drug-likeness (QED) is 0.808. The maximum atomic E-state index is 12.4. The molecule has 0 spiro atoms. The second kappa shape index (κ2) is 7.45. The maximum Gasteiger partial charge on any atom is 0.294 e. The van der Waals surface area contributed by atoms with Crippen LogP contribution in [0.3, 0.4) is 0 Å². The molecule has 1 aliphatic rings. The van der Waals surface area contributed by atoms with Crippen molar-refractivity contribution in [2.24, 2.45) is 0 Å². The van der Waals surface area contributed by atoms with E-state index in [1.165, 1.54) is 18.2 Å². The zero-order valence-corrected chi connectivity index (χ0v) is 14.7. The highest BCUT2D eigenvalue weighted by Gasteiger charge is 2.36. The molecular weight excluding hydrogens is 352 g/mol. The zero-order chi connectivity index (χ0) is 18.7. The fourth-order valence-corrected chi connectivity index (χ4v) is 3.22. The van der Waals surface area contributed by atoms with Gasteiger partial charge in [-0.2, -0.15) is 0 Å². The molecule has 1 aliphatic heterocycles. The van der Waals surface area contributed by atoms with Crippen molar-refractivity contribution >= 4 is 40.6 Å². The second-order valence-corrected chi connectivity index (χ2v) is 6.77. The fourth-order valence-electron chi connectivity index (χ4n) is 2.38. The molecule has 3 rings (SSSR count). The zero-order valence-electron chi connectivity index (χ0n) is 13.9. The predicted octanol–water partition coefficient (Wildman–Crippen LogP) is 3.38. The van der Waals surface area contributed by atoms with Gasteiger partial charge in [0.05, 0.1) is 4.91 Å². The molecular formula is C19H16N2O4S. The lowest BCUT2D eigenvalue weighted by atomic mass is 10.2. The van der Waals surface area contributed by atoms with Crippen molar-refractivity contribution in [1.82, 2.24) is 4.90 Å². The van der Waals surface area contributed by atoms with Gasteiger partial charge < -0.3 is 10.4 Å². The number of hydrogen-bond donors (Lipinski definition) is 2. The number of nitrogens with one attached hydrogen (secondary N) is 1. The van der Waals surface area contributed by atoms with Crippen LogP contribution in [0.5, 0.6) is 5.75 Å². The van der Waals surface area contributed by atoms with E-state index >= 15 is 0 Å². The second-order valence-electron chi connectivity index (χ2n) is 5.78. The lowest BCUT2D eigenvalue weighted by molar-refractivity contribution is -0.127. The Morgan fingerprint density at radius 3 is 2.62 bits per heavy atom. The number of phenolic OH excluding ortho intramolecular Hbond substituents is 1. The number of nitrogens with zero attached hydrogens (tertiary/aromatic N) is 1. The number of imide groups is 1. The first-order chi connectivity index (χ1) is 12.4. The van der Waals surface area contributed by atoms with Gasteiger partial charge in [-0.3, -0.25) is 19.3 Å². The third-order valence-electron chi connectivity index (χ3n) is 3.68. The van der Waals surface area contributed by atoms with Gasteiger partial charge >= 0.3 is 0 Å². The number of aryl methyl sites for hydroxylation is 1. The SMILES string of the molecule is Cc1ccc(NC(=O)CN2C(=O)S/C(=C\c3cccc(O)c3)C2=O)cc1. The Morgan fingerprint density at radius 2 is 1.92 bits per heavy atom. The molecule has 2 aromatic rings. The van der Waals surface area contributed by atoms with E-state index in [-0.39, 0.29) is 17.2 Å². The molecule has 1 fully saturated rings. The summed E-state index contributed by atoms with van der Waals surface area (Å²) in [4.78, 5) is 37.7. The van der Waals surface area contributed by atoms with E-state index in [1.807, 2.05) is 19.1 Å². The van der Waals surface area contributed by atoms with Crippen molar-refractivity contribution in [2.45, 2.75) is 6.92 Å². The number of hydrogen-bond acceptors (Lipinski definition) is 5. The van der Waals surface area contributed by atoms with Crippen LogP contribution in [0.15, 0.2) is 53.4 Å². The van der Waals surface area contributed by atoms with Gasteiger partial charge in [0.25, 0.3) is 11.1 Å². The number of benzene rings is 2. The van der Waals surface area contributed by atoms with Crippen LogP contribution in [-0.2, 0) is 9.59 Å². The Balaban J connectivity index is 1.69. The molecule has 6 nitrogen and oxygen atoms in total. The average Bonchev–Trinajstić information content (AvgIpc) is 2.84. The molecule has 0 saturated carbocycles. The van der Waals surface area contributed by atoms with Crippen molar-refractivity contribution in [3.8, 4) is 5.75 Å². The van der Waals surface area contributed by atoms with Crippen LogP contribution < -0.4 is 5.32 Å². The fraction of sp³-hybridized carbons (Fsp3) is 0.105. The third-order valence-corrected chi connectivity index (χ3v) is 4.59. The summed E-state index contributed by atoms with van der Waals surface area (Å²) in [5.74, 6) is -0.910. The van der Waals surface area contributed by atoms with Crippen LogP contribution in [0, 0.1) is 6.92 Å². The minimum absolute atomic E-state index is 0.0652. The summed E-state index contributed by atoms with van der Waals surface area (Å²) < 4.78 is 0. The number of carbonyl (C=O) groups is 3. The normalized spacial score (nSPS) is 15.6. The average molecular weight is 368 g/mol. The van der Waals surface area contributed by atoms with Crippen molar-refractivity contribution in [3.63, 3.8) is 0 Å². The van der Waals surface area contributed by atoms with Crippen LogP contribution in [0.2, 0.25) is 0 Å². The third kappa shape index (κ3) is 4.12. The van der Waals surface area contributed by atoms with E-state index in [0.29, 0.717) is 11.3 Å². The molecule has 1 saturated heterocycles. The van der Waals surface area contributed by atoms with Crippen molar-refractivity contribution in [2.75, 3.05) is 11.9 Å². The molecule has 0 unspecified atom stereocenters. The standard InChI is InChI=1S/C19H16N2O4S/c1-12-5-7-14(8-6-12)20-17(23)11-21-18(24)16(26-19(21)25)10-13-3-2-4-15(22)9-13/h2-10,22H,11H2,1H3,(H,20,23)/b16-10-. The molecule has 0 aromatic heterocycles. The molecule has 26 heavy (non-hydrogen) atoms. The molecule has 132 valence electrons. The monoisotopic (exact) mass is 368 g/mol.